The van der Waals surface area contributed by atoms with Crippen LogP contribution in [0.15, 0.2) is 24.3 Å². The Bertz CT molecular complexity index is 374. The Morgan fingerprint density at radius 3 is 2.68 bits per heavy atom. The summed E-state index contributed by atoms with van der Waals surface area (Å²) in [7, 11) is 0. The van der Waals surface area contributed by atoms with E-state index < -0.39 is 0 Å². The molecule has 3 heteroatoms. The van der Waals surface area contributed by atoms with Crippen molar-refractivity contribution in [3.05, 3.63) is 35.4 Å². The van der Waals surface area contributed by atoms with Gasteiger partial charge in [-0.1, -0.05) is 32.4 Å². The van der Waals surface area contributed by atoms with Gasteiger partial charge >= 0.3 is 5.97 Å². The first-order valence-corrected chi connectivity index (χ1v) is 7.11. The summed E-state index contributed by atoms with van der Waals surface area (Å²) in [5.41, 5.74) is 1.82. The summed E-state index contributed by atoms with van der Waals surface area (Å²) in [6, 6.07) is 7.68. The number of ether oxygens (including phenoxy) is 2. The fourth-order valence-corrected chi connectivity index (χ4v) is 1.76. The minimum Gasteiger partial charge on any atom is -0.460 e. The molecule has 106 valence electrons. The summed E-state index contributed by atoms with van der Waals surface area (Å²) >= 11 is 0. The number of benzene rings is 1. The van der Waals surface area contributed by atoms with E-state index >= 15 is 0 Å². The highest BCUT2D eigenvalue weighted by Gasteiger charge is 2.07. The van der Waals surface area contributed by atoms with Gasteiger partial charge in [0.25, 0.3) is 0 Å². The van der Waals surface area contributed by atoms with Crippen LogP contribution >= 0.6 is 0 Å². The van der Waals surface area contributed by atoms with Crippen LogP contribution in [0.5, 0.6) is 0 Å². The molecule has 0 amide bonds. The zero-order valence-electron chi connectivity index (χ0n) is 12.0. The molecule has 0 atom stereocenters. The molecule has 3 nitrogen and oxygen atoms in total. The van der Waals surface area contributed by atoms with Crippen molar-refractivity contribution in [2.45, 2.75) is 39.5 Å². The maximum Gasteiger partial charge on any atom is 0.338 e. The van der Waals surface area contributed by atoms with E-state index in [-0.39, 0.29) is 5.97 Å². The number of aryl methyl sites for hydroxylation is 1. The lowest BCUT2D eigenvalue weighted by Crippen LogP contribution is -2.11. The first kappa shape index (κ1) is 15.7. The molecule has 1 aromatic rings. The molecule has 19 heavy (non-hydrogen) atoms. The minimum atomic E-state index is -0.265. The molecule has 0 aliphatic carbocycles. The standard InChI is InChI=1S/C16H24O3/c1-3-5-7-14-8-6-9-15(13-14)16(17)19-12-11-18-10-4-2/h6,8-9,13H,3-5,7,10-12H2,1-2H3. The number of hydrogen-bond donors (Lipinski definition) is 0. The minimum absolute atomic E-state index is 0.265. The highest BCUT2D eigenvalue weighted by atomic mass is 16.6. The Hall–Kier alpha value is -1.35. The number of carbonyl (C=O) groups excluding carboxylic acids is 1. The number of hydrogen-bond acceptors (Lipinski definition) is 3. The van der Waals surface area contributed by atoms with Crippen molar-refractivity contribution < 1.29 is 14.3 Å². The molecule has 1 aromatic carbocycles. The van der Waals surface area contributed by atoms with E-state index in [4.69, 9.17) is 9.47 Å². The predicted molar refractivity (Wildman–Crippen MR) is 76.4 cm³/mol. The Morgan fingerprint density at radius 2 is 1.95 bits per heavy atom. The number of rotatable bonds is 9. The largest absolute Gasteiger partial charge is 0.460 e. The van der Waals surface area contributed by atoms with Crippen molar-refractivity contribution in [1.29, 1.82) is 0 Å². The lowest BCUT2D eigenvalue weighted by Gasteiger charge is -2.07. The van der Waals surface area contributed by atoms with E-state index in [0.29, 0.717) is 25.4 Å². The first-order valence-electron chi connectivity index (χ1n) is 7.11. The zero-order valence-corrected chi connectivity index (χ0v) is 12.0. The summed E-state index contributed by atoms with van der Waals surface area (Å²) in [5, 5.41) is 0. The van der Waals surface area contributed by atoms with Gasteiger partial charge < -0.3 is 9.47 Å². The maximum absolute atomic E-state index is 11.8. The second-order valence-electron chi connectivity index (χ2n) is 4.55. The third kappa shape index (κ3) is 6.39. The van der Waals surface area contributed by atoms with Crippen LogP contribution in [0, 0.1) is 0 Å². The van der Waals surface area contributed by atoms with Gasteiger partial charge in [0.15, 0.2) is 0 Å². The smallest absolute Gasteiger partial charge is 0.338 e. The van der Waals surface area contributed by atoms with Gasteiger partial charge in [0.05, 0.1) is 12.2 Å². The first-order chi connectivity index (χ1) is 9.27. The summed E-state index contributed by atoms with van der Waals surface area (Å²) in [6.07, 6.45) is 4.29. The molecule has 0 bridgehead atoms. The topological polar surface area (TPSA) is 35.5 Å². The van der Waals surface area contributed by atoms with Crippen molar-refractivity contribution in [1.82, 2.24) is 0 Å². The summed E-state index contributed by atoms with van der Waals surface area (Å²) < 4.78 is 10.4. The van der Waals surface area contributed by atoms with E-state index in [9.17, 15) is 4.79 Å². The molecule has 1 rings (SSSR count). The lowest BCUT2D eigenvalue weighted by molar-refractivity contribution is 0.0318. The fourth-order valence-electron chi connectivity index (χ4n) is 1.76. The average molecular weight is 264 g/mol. The van der Waals surface area contributed by atoms with Crippen molar-refractivity contribution in [2.24, 2.45) is 0 Å². The SMILES string of the molecule is CCCCc1cccc(C(=O)OCCOCCC)c1. The van der Waals surface area contributed by atoms with Gasteiger partial charge in [0, 0.05) is 6.61 Å². The molecule has 0 spiro atoms. The van der Waals surface area contributed by atoms with Crippen molar-refractivity contribution in [3.63, 3.8) is 0 Å². The van der Waals surface area contributed by atoms with Crippen LogP contribution in [0.3, 0.4) is 0 Å². The molecule has 0 aliphatic rings. The van der Waals surface area contributed by atoms with Crippen molar-refractivity contribution in [2.75, 3.05) is 19.8 Å². The van der Waals surface area contributed by atoms with Gasteiger partial charge in [0.2, 0.25) is 0 Å². The van der Waals surface area contributed by atoms with Crippen molar-refractivity contribution >= 4 is 5.97 Å². The van der Waals surface area contributed by atoms with Crippen molar-refractivity contribution in [3.8, 4) is 0 Å². The van der Waals surface area contributed by atoms with E-state index in [1.54, 1.807) is 6.07 Å². The Labute approximate surface area is 115 Å². The quantitative estimate of drug-likeness (QED) is 0.505. The van der Waals surface area contributed by atoms with Crippen LogP contribution in [-0.4, -0.2) is 25.8 Å². The molecule has 0 N–H and O–H groups in total. The maximum atomic E-state index is 11.8. The zero-order chi connectivity index (χ0) is 13.9. The van der Waals surface area contributed by atoms with E-state index in [0.717, 1.165) is 25.7 Å². The predicted octanol–water partition coefficient (Wildman–Crippen LogP) is 3.61. The van der Waals surface area contributed by atoms with Crippen LogP contribution in [0.25, 0.3) is 0 Å². The van der Waals surface area contributed by atoms with Crippen LogP contribution in [-0.2, 0) is 15.9 Å². The molecule has 0 saturated heterocycles. The Morgan fingerprint density at radius 1 is 1.11 bits per heavy atom. The van der Waals surface area contributed by atoms with Crippen LogP contribution in [0.1, 0.15) is 49.0 Å². The summed E-state index contributed by atoms with van der Waals surface area (Å²) in [5.74, 6) is -0.265. The third-order valence-corrected chi connectivity index (χ3v) is 2.79. The number of unbranched alkanes of at least 4 members (excludes halogenated alkanes) is 1. The summed E-state index contributed by atoms with van der Waals surface area (Å²) in [6.45, 7) is 5.71. The van der Waals surface area contributed by atoms with Gasteiger partial charge in [-0.2, -0.15) is 0 Å². The van der Waals surface area contributed by atoms with Crippen LogP contribution in [0.4, 0.5) is 0 Å². The lowest BCUT2D eigenvalue weighted by atomic mass is 10.1. The van der Waals surface area contributed by atoms with Gasteiger partial charge in [-0.05, 0) is 37.0 Å². The van der Waals surface area contributed by atoms with E-state index in [1.807, 2.05) is 19.1 Å². The molecule has 0 saturated carbocycles. The Balaban J connectivity index is 2.38. The van der Waals surface area contributed by atoms with Gasteiger partial charge in [0.1, 0.15) is 6.61 Å². The van der Waals surface area contributed by atoms with Crippen LogP contribution in [0.2, 0.25) is 0 Å². The summed E-state index contributed by atoms with van der Waals surface area (Å²) in [4.78, 5) is 11.8. The monoisotopic (exact) mass is 264 g/mol. The van der Waals surface area contributed by atoms with E-state index in [2.05, 4.69) is 13.0 Å². The molecule has 0 fully saturated rings. The highest BCUT2D eigenvalue weighted by molar-refractivity contribution is 5.89. The van der Waals surface area contributed by atoms with E-state index in [1.165, 1.54) is 5.56 Å². The van der Waals surface area contributed by atoms with Gasteiger partial charge in [-0.3, -0.25) is 0 Å². The number of carbonyl (C=O) groups is 1. The molecular formula is C16H24O3. The Kier molecular flexibility index (Phi) is 7.91. The molecule has 0 unspecified atom stereocenters. The second kappa shape index (κ2) is 9.56. The average Bonchev–Trinajstić information content (AvgIpc) is 2.45. The second-order valence-corrected chi connectivity index (χ2v) is 4.55. The molecule has 0 aliphatic heterocycles. The normalized spacial score (nSPS) is 10.4. The molecule has 0 radical (unpaired) electrons. The molecule has 0 aromatic heterocycles. The molecule has 0 heterocycles. The fraction of sp³-hybridized carbons (Fsp3) is 0.562. The van der Waals surface area contributed by atoms with Crippen LogP contribution < -0.4 is 0 Å². The highest BCUT2D eigenvalue weighted by Crippen LogP contribution is 2.10. The number of esters is 1. The van der Waals surface area contributed by atoms with Gasteiger partial charge in [-0.15, -0.1) is 0 Å². The molecular weight excluding hydrogens is 240 g/mol. The van der Waals surface area contributed by atoms with Gasteiger partial charge in [-0.25, -0.2) is 4.79 Å². The third-order valence-electron chi connectivity index (χ3n) is 2.79.